The van der Waals surface area contributed by atoms with Crippen LogP contribution in [-0.2, 0) is 14.6 Å². The Bertz CT molecular complexity index is 386. The van der Waals surface area contributed by atoms with Gasteiger partial charge in [-0.1, -0.05) is 0 Å². The van der Waals surface area contributed by atoms with Crippen molar-refractivity contribution in [2.24, 2.45) is 0 Å². The lowest BCUT2D eigenvalue weighted by Gasteiger charge is -2.46. The van der Waals surface area contributed by atoms with Crippen LogP contribution in [0.1, 0.15) is 12.8 Å². The Hall–Kier alpha value is -0.460. The molecule has 0 amide bonds. The van der Waals surface area contributed by atoms with Crippen LogP contribution in [0, 0.1) is 0 Å². The van der Waals surface area contributed by atoms with Gasteiger partial charge in [0.2, 0.25) is 0 Å². The molecule has 0 aliphatic carbocycles. The van der Waals surface area contributed by atoms with Gasteiger partial charge in [-0.2, -0.15) is 0 Å². The predicted octanol–water partition coefficient (Wildman–Crippen LogP) is -0.620. The monoisotopic (exact) mass is 260 g/mol. The maximum absolute atomic E-state index is 12.0. The quantitative estimate of drug-likeness (QED) is 0.659. The number of hydrogen-bond donors (Lipinski definition) is 0. The van der Waals surface area contributed by atoms with E-state index >= 15 is 0 Å². The standard InChI is InChI=1S/C11H20N2O3S/c1-17(15,16)8-2-3-11(14)10-9-12-4-6-13(10)7-5-12/h10H,2-9H2,1H3. The van der Waals surface area contributed by atoms with E-state index in [1.165, 1.54) is 6.26 Å². The number of rotatable bonds is 5. The van der Waals surface area contributed by atoms with Crippen molar-refractivity contribution >= 4 is 15.6 Å². The minimum atomic E-state index is -2.94. The van der Waals surface area contributed by atoms with E-state index < -0.39 is 9.84 Å². The molecule has 3 saturated heterocycles. The number of carbonyl (C=O) groups excluding carboxylic acids is 1. The van der Waals surface area contributed by atoms with Crippen LogP contribution in [-0.4, -0.2) is 74.8 Å². The summed E-state index contributed by atoms with van der Waals surface area (Å²) in [4.78, 5) is 16.6. The number of piperazine rings is 3. The Morgan fingerprint density at radius 3 is 2.35 bits per heavy atom. The number of fused-ring (bicyclic) bond motifs is 3. The van der Waals surface area contributed by atoms with E-state index in [0.29, 0.717) is 12.8 Å². The van der Waals surface area contributed by atoms with Crippen molar-refractivity contribution < 1.29 is 13.2 Å². The fourth-order valence-corrected chi connectivity index (χ4v) is 3.27. The smallest absolute Gasteiger partial charge is 0.151 e. The second-order valence-corrected chi connectivity index (χ2v) is 7.31. The minimum absolute atomic E-state index is 0.0112. The summed E-state index contributed by atoms with van der Waals surface area (Å²) in [5.74, 6) is 0.327. The first-order valence-electron chi connectivity index (χ1n) is 6.12. The highest BCUT2D eigenvalue weighted by atomic mass is 32.2. The van der Waals surface area contributed by atoms with Crippen LogP contribution in [0.3, 0.4) is 0 Å². The van der Waals surface area contributed by atoms with Crippen LogP contribution in [0.2, 0.25) is 0 Å². The molecule has 5 nitrogen and oxygen atoms in total. The number of sulfone groups is 1. The van der Waals surface area contributed by atoms with Crippen LogP contribution < -0.4 is 0 Å². The van der Waals surface area contributed by atoms with Crippen LogP contribution in [0.4, 0.5) is 0 Å². The van der Waals surface area contributed by atoms with E-state index in [9.17, 15) is 13.2 Å². The maximum atomic E-state index is 12.0. The lowest BCUT2D eigenvalue weighted by molar-refractivity contribution is -0.129. The second kappa shape index (κ2) is 5.04. The molecule has 1 atom stereocenters. The molecule has 3 heterocycles. The fourth-order valence-electron chi connectivity index (χ4n) is 2.60. The van der Waals surface area contributed by atoms with Crippen molar-refractivity contribution in [1.82, 2.24) is 9.80 Å². The largest absolute Gasteiger partial charge is 0.299 e. The molecule has 98 valence electrons. The van der Waals surface area contributed by atoms with Gasteiger partial charge in [0.25, 0.3) is 0 Å². The molecule has 2 bridgehead atoms. The third-order valence-corrected chi connectivity index (χ3v) is 4.62. The summed E-state index contributed by atoms with van der Waals surface area (Å²) in [5, 5.41) is 0. The Morgan fingerprint density at radius 1 is 1.24 bits per heavy atom. The van der Waals surface area contributed by atoms with E-state index in [1.807, 2.05) is 0 Å². The van der Waals surface area contributed by atoms with Gasteiger partial charge in [-0.05, 0) is 6.42 Å². The molecule has 1 unspecified atom stereocenters. The molecule has 0 saturated carbocycles. The average Bonchev–Trinajstić information content (AvgIpc) is 2.28. The molecule has 0 N–H and O–H groups in total. The van der Waals surface area contributed by atoms with Gasteiger partial charge in [0.15, 0.2) is 5.78 Å². The van der Waals surface area contributed by atoms with Gasteiger partial charge < -0.3 is 0 Å². The van der Waals surface area contributed by atoms with Gasteiger partial charge in [0, 0.05) is 45.4 Å². The molecule has 3 aliphatic heterocycles. The summed E-state index contributed by atoms with van der Waals surface area (Å²) in [6.45, 7) is 4.91. The van der Waals surface area contributed by atoms with Crippen LogP contribution in [0.25, 0.3) is 0 Å². The van der Waals surface area contributed by atoms with Crippen molar-refractivity contribution in [2.75, 3.05) is 44.7 Å². The van der Waals surface area contributed by atoms with Gasteiger partial charge in [0.1, 0.15) is 9.84 Å². The highest BCUT2D eigenvalue weighted by molar-refractivity contribution is 7.90. The number of nitrogens with zero attached hydrogens (tertiary/aromatic N) is 2. The number of Topliss-reactive ketones (excluding diaryl/α,β-unsaturated/α-hetero) is 1. The van der Waals surface area contributed by atoms with E-state index in [-0.39, 0.29) is 17.6 Å². The predicted molar refractivity (Wildman–Crippen MR) is 65.8 cm³/mol. The molecule has 0 aromatic heterocycles. The highest BCUT2D eigenvalue weighted by Crippen LogP contribution is 2.17. The van der Waals surface area contributed by atoms with Gasteiger partial charge in [0.05, 0.1) is 11.8 Å². The van der Waals surface area contributed by atoms with E-state index in [2.05, 4.69) is 9.80 Å². The Morgan fingerprint density at radius 2 is 1.88 bits per heavy atom. The highest BCUT2D eigenvalue weighted by Gasteiger charge is 2.35. The third kappa shape index (κ3) is 3.50. The molecular weight excluding hydrogens is 240 g/mol. The first kappa shape index (κ1) is 13.0. The molecule has 3 fully saturated rings. The van der Waals surface area contributed by atoms with Gasteiger partial charge in [-0.3, -0.25) is 14.6 Å². The average molecular weight is 260 g/mol. The van der Waals surface area contributed by atoms with E-state index in [1.54, 1.807) is 0 Å². The summed E-state index contributed by atoms with van der Waals surface area (Å²) in [6.07, 6.45) is 2.07. The maximum Gasteiger partial charge on any atom is 0.151 e. The van der Waals surface area contributed by atoms with Crippen molar-refractivity contribution in [1.29, 1.82) is 0 Å². The SMILES string of the molecule is CS(=O)(=O)CCCC(=O)C1CN2CCN1CC2. The zero-order valence-corrected chi connectivity index (χ0v) is 11.1. The molecule has 0 radical (unpaired) electrons. The third-order valence-electron chi connectivity index (χ3n) is 3.59. The van der Waals surface area contributed by atoms with E-state index in [4.69, 9.17) is 0 Å². The lowest BCUT2D eigenvalue weighted by atomic mass is 10.0. The minimum Gasteiger partial charge on any atom is -0.299 e. The Labute approximate surface area is 103 Å². The molecule has 3 rings (SSSR count). The number of ketones is 1. The molecule has 17 heavy (non-hydrogen) atoms. The first-order chi connectivity index (χ1) is 7.96. The normalized spacial score (nSPS) is 32.6. The second-order valence-electron chi connectivity index (χ2n) is 5.05. The van der Waals surface area contributed by atoms with E-state index in [0.717, 1.165) is 32.7 Å². The Balaban J connectivity index is 1.80. The first-order valence-corrected chi connectivity index (χ1v) is 8.18. The van der Waals surface area contributed by atoms with Gasteiger partial charge in [-0.25, -0.2) is 8.42 Å². The number of carbonyl (C=O) groups is 1. The summed E-state index contributed by atoms with van der Waals surface area (Å²) in [6, 6.07) is 0.0112. The van der Waals surface area contributed by atoms with Crippen molar-refractivity contribution in [3.05, 3.63) is 0 Å². The molecule has 3 aliphatic rings. The van der Waals surface area contributed by atoms with Crippen LogP contribution in [0.15, 0.2) is 0 Å². The van der Waals surface area contributed by atoms with Crippen molar-refractivity contribution in [2.45, 2.75) is 18.9 Å². The molecule has 6 heteroatoms. The molecular formula is C11H20N2O3S. The van der Waals surface area contributed by atoms with Gasteiger partial charge in [-0.15, -0.1) is 0 Å². The zero-order chi connectivity index (χ0) is 12.5. The number of hydrogen-bond acceptors (Lipinski definition) is 5. The van der Waals surface area contributed by atoms with Crippen molar-refractivity contribution in [3.8, 4) is 0 Å². The summed E-state index contributed by atoms with van der Waals surface area (Å²) < 4.78 is 22.0. The van der Waals surface area contributed by atoms with Crippen molar-refractivity contribution in [3.63, 3.8) is 0 Å². The summed E-state index contributed by atoms with van der Waals surface area (Å²) >= 11 is 0. The topological polar surface area (TPSA) is 57.7 Å². The van der Waals surface area contributed by atoms with Crippen LogP contribution in [0.5, 0.6) is 0 Å². The van der Waals surface area contributed by atoms with Gasteiger partial charge >= 0.3 is 0 Å². The van der Waals surface area contributed by atoms with Crippen LogP contribution >= 0.6 is 0 Å². The zero-order valence-electron chi connectivity index (χ0n) is 10.3. The summed E-state index contributed by atoms with van der Waals surface area (Å²) in [5.41, 5.74) is 0. The lowest BCUT2D eigenvalue weighted by Crippen LogP contribution is -2.63. The molecule has 0 aromatic carbocycles. The molecule has 0 aromatic rings. The molecule has 0 spiro atoms. The summed E-state index contributed by atoms with van der Waals surface area (Å²) in [7, 11) is -2.94. The fraction of sp³-hybridized carbons (Fsp3) is 0.909. The Kier molecular flexibility index (Phi) is 3.85.